The van der Waals surface area contributed by atoms with Crippen molar-refractivity contribution in [3.63, 3.8) is 0 Å². The first-order valence-electron chi connectivity index (χ1n) is 5.57. The first-order chi connectivity index (χ1) is 8.39. The van der Waals surface area contributed by atoms with E-state index in [0.29, 0.717) is 10.4 Å². The van der Waals surface area contributed by atoms with Crippen molar-refractivity contribution >= 4 is 23.2 Å². The van der Waals surface area contributed by atoms with Crippen molar-refractivity contribution in [3.05, 3.63) is 34.9 Å². The smallest absolute Gasteiger partial charge is 0.344 e. The van der Waals surface area contributed by atoms with E-state index in [-0.39, 0.29) is 6.15 Å². The van der Waals surface area contributed by atoms with Gasteiger partial charge < -0.3 is 11.5 Å². The van der Waals surface area contributed by atoms with Gasteiger partial charge in [-0.2, -0.15) is 13.2 Å². The molecule has 0 amide bonds. The van der Waals surface area contributed by atoms with Crippen LogP contribution in [0.1, 0.15) is 18.4 Å². The molecule has 2 rings (SSSR count). The average molecular weight is 317 g/mol. The molecule has 0 aliphatic carbocycles. The maximum absolute atomic E-state index is 11.9. The molecule has 0 unspecified atom stereocenters. The first-order valence-corrected chi connectivity index (χ1v) is 6.38. The molecule has 0 atom stereocenters. The predicted molar refractivity (Wildman–Crippen MR) is 73.2 cm³/mol. The Kier molecular flexibility index (Phi) is 8.41. The molecule has 0 bridgehead atoms. The lowest BCUT2D eigenvalue weighted by molar-refractivity contribution is -0.137. The number of alkyl halides is 4. The molecule has 2 nitrogen and oxygen atoms in total. The Morgan fingerprint density at radius 3 is 1.84 bits per heavy atom. The second-order valence-corrected chi connectivity index (χ2v) is 4.98. The van der Waals surface area contributed by atoms with E-state index >= 15 is 0 Å². The number of nitrogens with one attached hydrogen (secondary N) is 1. The molecule has 0 radical (unpaired) electrons. The van der Waals surface area contributed by atoms with Crippen LogP contribution < -0.4 is 11.5 Å². The average Bonchev–Trinajstić information content (AvgIpc) is 2.30. The molecule has 19 heavy (non-hydrogen) atoms. The highest BCUT2D eigenvalue weighted by Crippen LogP contribution is 2.29. The van der Waals surface area contributed by atoms with Crippen molar-refractivity contribution in [3.8, 4) is 0 Å². The SMILES string of the molecule is ClC1CCNCC1.FC(F)(F)c1ccc(Cl)cc1.N. The fourth-order valence-corrected chi connectivity index (χ4v) is 1.77. The fourth-order valence-electron chi connectivity index (χ4n) is 1.43. The van der Waals surface area contributed by atoms with Gasteiger partial charge in [-0.3, -0.25) is 0 Å². The minimum absolute atomic E-state index is 0. The molecular weight excluding hydrogens is 300 g/mol. The van der Waals surface area contributed by atoms with Crippen LogP contribution in [0.4, 0.5) is 13.2 Å². The summed E-state index contributed by atoms with van der Waals surface area (Å²) in [6.45, 7) is 2.21. The molecule has 1 aromatic carbocycles. The molecule has 0 saturated carbocycles. The van der Waals surface area contributed by atoms with Gasteiger partial charge >= 0.3 is 6.18 Å². The summed E-state index contributed by atoms with van der Waals surface area (Å²) in [5.41, 5.74) is -0.679. The summed E-state index contributed by atoms with van der Waals surface area (Å²) in [6.07, 6.45) is -1.99. The minimum atomic E-state index is -4.27. The van der Waals surface area contributed by atoms with Gasteiger partial charge in [0.25, 0.3) is 0 Å². The Bertz CT molecular complexity index is 349. The van der Waals surface area contributed by atoms with Crippen LogP contribution in [0, 0.1) is 0 Å². The normalized spacial score (nSPS) is 16.1. The third-order valence-corrected chi connectivity index (χ3v) is 3.13. The topological polar surface area (TPSA) is 47.0 Å². The first kappa shape index (κ1) is 18.5. The Morgan fingerprint density at radius 1 is 1.05 bits per heavy atom. The molecule has 1 heterocycles. The van der Waals surface area contributed by atoms with Gasteiger partial charge in [-0.15, -0.1) is 11.6 Å². The van der Waals surface area contributed by atoms with Crippen molar-refractivity contribution in [2.45, 2.75) is 24.4 Å². The summed E-state index contributed by atoms with van der Waals surface area (Å²) in [7, 11) is 0. The maximum atomic E-state index is 11.9. The van der Waals surface area contributed by atoms with Gasteiger partial charge in [0.05, 0.1) is 5.56 Å². The summed E-state index contributed by atoms with van der Waals surface area (Å²) in [5.74, 6) is 0. The second-order valence-electron chi connectivity index (χ2n) is 3.93. The standard InChI is InChI=1S/C7H4ClF3.C5H10ClN.H3N/c8-6-3-1-5(2-4-6)7(9,10)11;6-5-1-3-7-4-2-5;/h1-4H;5,7H,1-4H2;1H3. The van der Waals surface area contributed by atoms with Crippen molar-refractivity contribution < 1.29 is 13.2 Å². The lowest BCUT2D eigenvalue weighted by Crippen LogP contribution is -2.27. The van der Waals surface area contributed by atoms with Crippen LogP contribution in [-0.2, 0) is 6.18 Å². The van der Waals surface area contributed by atoms with Crippen molar-refractivity contribution in [1.29, 1.82) is 0 Å². The van der Waals surface area contributed by atoms with E-state index in [1.807, 2.05) is 0 Å². The van der Waals surface area contributed by atoms with Gasteiger partial charge in [0.2, 0.25) is 0 Å². The molecule has 1 aliphatic rings. The van der Waals surface area contributed by atoms with Crippen LogP contribution in [0.2, 0.25) is 5.02 Å². The Balaban J connectivity index is 0.000000352. The Labute approximate surface area is 120 Å². The van der Waals surface area contributed by atoms with Crippen LogP contribution in [0.15, 0.2) is 24.3 Å². The van der Waals surface area contributed by atoms with E-state index in [2.05, 4.69) is 5.32 Å². The van der Waals surface area contributed by atoms with Crippen LogP contribution in [0.25, 0.3) is 0 Å². The third kappa shape index (κ3) is 7.62. The van der Waals surface area contributed by atoms with Crippen molar-refractivity contribution in [1.82, 2.24) is 11.5 Å². The zero-order valence-corrected chi connectivity index (χ0v) is 11.8. The number of piperidine rings is 1. The molecule has 7 heteroatoms. The minimum Gasteiger partial charge on any atom is -0.344 e. The van der Waals surface area contributed by atoms with Gasteiger partial charge in [-0.1, -0.05) is 11.6 Å². The molecule has 1 aromatic rings. The molecule has 4 N–H and O–H groups in total. The monoisotopic (exact) mass is 316 g/mol. The maximum Gasteiger partial charge on any atom is 0.416 e. The number of benzene rings is 1. The molecule has 110 valence electrons. The molecule has 0 spiro atoms. The fraction of sp³-hybridized carbons (Fsp3) is 0.500. The lowest BCUT2D eigenvalue weighted by Gasteiger charge is -2.15. The van der Waals surface area contributed by atoms with Gasteiger partial charge in [-0.25, -0.2) is 0 Å². The number of hydrogen-bond acceptors (Lipinski definition) is 2. The summed E-state index contributed by atoms with van der Waals surface area (Å²) >= 11 is 11.2. The van der Waals surface area contributed by atoms with Crippen LogP contribution in [-0.4, -0.2) is 18.5 Å². The zero-order chi connectivity index (χ0) is 13.6. The highest BCUT2D eigenvalue weighted by molar-refractivity contribution is 6.30. The van der Waals surface area contributed by atoms with Gasteiger partial charge in [0, 0.05) is 10.4 Å². The van der Waals surface area contributed by atoms with Crippen LogP contribution >= 0.6 is 23.2 Å². The Hall–Kier alpha value is -0.490. The highest BCUT2D eigenvalue weighted by atomic mass is 35.5. The third-order valence-electron chi connectivity index (χ3n) is 2.44. The summed E-state index contributed by atoms with van der Waals surface area (Å²) in [4.78, 5) is 0. The summed E-state index contributed by atoms with van der Waals surface area (Å²) in [5, 5.41) is 3.98. The van der Waals surface area contributed by atoms with Gasteiger partial charge in [0.15, 0.2) is 0 Å². The van der Waals surface area contributed by atoms with Crippen molar-refractivity contribution in [2.75, 3.05) is 13.1 Å². The van der Waals surface area contributed by atoms with E-state index in [1.54, 1.807) is 0 Å². The van der Waals surface area contributed by atoms with E-state index in [9.17, 15) is 13.2 Å². The molecule has 1 aliphatic heterocycles. The molecular formula is C12H17Cl2F3N2. The molecule has 1 saturated heterocycles. The van der Waals surface area contributed by atoms with Crippen LogP contribution in [0.5, 0.6) is 0 Å². The predicted octanol–water partition coefficient (Wildman–Crippen LogP) is 4.50. The molecule has 0 aromatic heterocycles. The summed E-state index contributed by atoms with van der Waals surface area (Å²) < 4.78 is 35.6. The highest BCUT2D eigenvalue weighted by Gasteiger charge is 2.29. The van der Waals surface area contributed by atoms with E-state index < -0.39 is 11.7 Å². The number of hydrogen-bond donors (Lipinski definition) is 2. The largest absolute Gasteiger partial charge is 0.416 e. The van der Waals surface area contributed by atoms with E-state index in [1.165, 1.54) is 12.1 Å². The zero-order valence-electron chi connectivity index (χ0n) is 10.3. The van der Waals surface area contributed by atoms with E-state index in [0.717, 1.165) is 38.1 Å². The van der Waals surface area contributed by atoms with Gasteiger partial charge in [-0.05, 0) is 50.2 Å². The van der Waals surface area contributed by atoms with Crippen LogP contribution in [0.3, 0.4) is 0 Å². The number of halogens is 5. The number of rotatable bonds is 0. The Morgan fingerprint density at radius 2 is 1.53 bits per heavy atom. The molecule has 1 fully saturated rings. The lowest BCUT2D eigenvalue weighted by atomic mass is 10.2. The van der Waals surface area contributed by atoms with Crippen molar-refractivity contribution in [2.24, 2.45) is 0 Å². The van der Waals surface area contributed by atoms with E-state index in [4.69, 9.17) is 23.2 Å². The quantitative estimate of drug-likeness (QED) is 0.692. The van der Waals surface area contributed by atoms with Gasteiger partial charge in [0.1, 0.15) is 0 Å². The second kappa shape index (κ2) is 8.64. The summed E-state index contributed by atoms with van der Waals surface area (Å²) in [6, 6.07) is 4.32.